The number of aliphatic carboxylic acids is 1. The number of tetrazole rings is 1. The molecular weight excluding hydrogens is 252 g/mol. The molecule has 1 saturated carbocycles. The maximum Gasteiger partial charge on any atom is 0.311 e. The minimum Gasteiger partial charge on any atom is -0.481 e. The van der Waals surface area contributed by atoms with Crippen LogP contribution in [-0.2, 0) is 11.3 Å². The monoisotopic (exact) mass is 262 g/mol. The molecule has 9 nitrogen and oxygen atoms in total. The molecule has 0 saturated heterocycles. The first-order chi connectivity index (χ1) is 9.11. The van der Waals surface area contributed by atoms with Crippen molar-refractivity contribution in [2.24, 2.45) is 5.41 Å². The molecule has 0 aromatic carbocycles. The highest BCUT2D eigenvalue weighted by Gasteiger charge is 2.51. The van der Waals surface area contributed by atoms with Crippen LogP contribution < -0.4 is 5.56 Å². The Morgan fingerprint density at radius 2 is 2.26 bits per heavy atom. The van der Waals surface area contributed by atoms with Crippen LogP contribution in [0.4, 0.5) is 0 Å². The van der Waals surface area contributed by atoms with Crippen molar-refractivity contribution in [3.8, 4) is 11.5 Å². The quantitative estimate of drug-likeness (QED) is 0.744. The van der Waals surface area contributed by atoms with Crippen molar-refractivity contribution < 1.29 is 9.90 Å². The van der Waals surface area contributed by atoms with Gasteiger partial charge >= 0.3 is 5.97 Å². The summed E-state index contributed by atoms with van der Waals surface area (Å²) in [4.78, 5) is 22.1. The van der Waals surface area contributed by atoms with Gasteiger partial charge in [-0.1, -0.05) is 0 Å². The molecule has 9 heteroatoms. The highest BCUT2D eigenvalue weighted by Crippen LogP contribution is 2.47. The van der Waals surface area contributed by atoms with E-state index >= 15 is 0 Å². The van der Waals surface area contributed by atoms with Crippen molar-refractivity contribution in [2.45, 2.75) is 19.4 Å². The maximum absolute atomic E-state index is 11.2. The predicted molar refractivity (Wildman–Crippen MR) is 61.0 cm³/mol. The molecule has 1 aliphatic rings. The number of rotatable bonds is 4. The summed E-state index contributed by atoms with van der Waals surface area (Å²) in [5, 5.41) is 26.4. The number of carbonyl (C=O) groups is 1. The molecule has 0 atom stereocenters. The Bertz CT molecular complexity index is 666. The zero-order valence-electron chi connectivity index (χ0n) is 9.78. The van der Waals surface area contributed by atoms with Gasteiger partial charge in [-0.3, -0.25) is 9.59 Å². The van der Waals surface area contributed by atoms with E-state index in [9.17, 15) is 9.59 Å². The van der Waals surface area contributed by atoms with Crippen LogP contribution in [0.5, 0.6) is 0 Å². The number of carboxylic acid groups (broad SMARTS) is 1. The lowest BCUT2D eigenvalue weighted by atomic mass is 10.1. The van der Waals surface area contributed by atoms with Gasteiger partial charge in [-0.15, -0.1) is 5.10 Å². The second kappa shape index (κ2) is 3.97. The van der Waals surface area contributed by atoms with E-state index in [0.29, 0.717) is 24.4 Å². The number of nitrogens with one attached hydrogen (secondary N) is 1. The largest absolute Gasteiger partial charge is 0.481 e. The molecule has 2 aromatic heterocycles. The highest BCUT2D eigenvalue weighted by atomic mass is 16.4. The lowest BCUT2D eigenvalue weighted by Gasteiger charge is -2.09. The summed E-state index contributed by atoms with van der Waals surface area (Å²) in [6, 6.07) is 2.80. The van der Waals surface area contributed by atoms with E-state index in [1.54, 1.807) is 0 Å². The van der Waals surface area contributed by atoms with Gasteiger partial charge in [0.15, 0.2) is 0 Å². The molecule has 2 N–H and O–H groups in total. The Kier molecular flexibility index (Phi) is 2.40. The van der Waals surface area contributed by atoms with Gasteiger partial charge in [0.25, 0.3) is 5.56 Å². The zero-order valence-corrected chi connectivity index (χ0v) is 9.78. The number of aromatic amines is 1. The van der Waals surface area contributed by atoms with Gasteiger partial charge in [0.2, 0.25) is 5.82 Å². The number of H-pyrrole nitrogens is 1. The Morgan fingerprint density at radius 3 is 2.84 bits per heavy atom. The average molecular weight is 262 g/mol. The van der Waals surface area contributed by atoms with E-state index in [4.69, 9.17) is 5.11 Å². The van der Waals surface area contributed by atoms with Crippen molar-refractivity contribution in [2.75, 3.05) is 0 Å². The van der Waals surface area contributed by atoms with Crippen molar-refractivity contribution in [3.05, 3.63) is 22.5 Å². The molecule has 3 rings (SSSR count). The molecule has 0 unspecified atom stereocenters. The number of carboxylic acids is 1. The third kappa shape index (κ3) is 1.98. The number of aromatic nitrogens is 6. The molecule has 0 aliphatic heterocycles. The van der Waals surface area contributed by atoms with Gasteiger partial charge in [-0.25, -0.2) is 9.78 Å². The fourth-order valence-electron chi connectivity index (χ4n) is 1.84. The molecule has 2 heterocycles. The van der Waals surface area contributed by atoms with Crippen molar-refractivity contribution in [3.63, 3.8) is 0 Å². The molecule has 0 amide bonds. The fraction of sp³-hybridized carbons (Fsp3) is 0.400. The fourth-order valence-corrected chi connectivity index (χ4v) is 1.84. The first kappa shape index (κ1) is 11.5. The second-order valence-corrected chi connectivity index (χ2v) is 4.55. The van der Waals surface area contributed by atoms with Gasteiger partial charge in [-0.2, -0.15) is 5.10 Å². The van der Waals surface area contributed by atoms with Crippen LogP contribution in [0.3, 0.4) is 0 Å². The van der Waals surface area contributed by atoms with E-state index in [0.717, 1.165) is 0 Å². The molecule has 0 spiro atoms. The SMILES string of the molecule is O=C(O)C1(Cn2nnnc2-c2ccc(=O)[nH]n2)CC1. The molecule has 0 radical (unpaired) electrons. The first-order valence-electron chi connectivity index (χ1n) is 5.66. The summed E-state index contributed by atoms with van der Waals surface area (Å²) in [6.07, 6.45) is 1.22. The van der Waals surface area contributed by atoms with Crippen LogP contribution in [-0.4, -0.2) is 41.5 Å². The Labute approximate surface area is 106 Å². The predicted octanol–water partition coefficient (Wildman–Crippen LogP) is -0.712. The highest BCUT2D eigenvalue weighted by molar-refractivity contribution is 5.77. The van der Waals surface area contributed by atoms with Crippen molar-refractivity contribution in [1.29, 1.82) is 0 Å². The van der Waals surface area contributed by atoms with Crippen LogP contribution in [0.1, 0.15) is 12.8 Å². The lowest BCUT2D eigenvalue weighted by molar-refractivity contribution is -0.144. The number of hydrogen-bond donors (Lipinski definition) is 2. The normalized spacial score (nSPS) is 16.2. The van der Waals surface area contributed by atoms with Gasteiger partial charge < -0.3 is 5.11 Å². The summed E-state index contributed by atoms with van der Waals surface area (Å²) in [5.41, 5.74) is -0.704. The summed E-state index contributed by atoms with van der Waals surface area (Å²) in [6.45, 7) is 0.200. The summed E-state index contributed by atoms with van der Waals surface area (Å²) < 4.78 is 1.40. The Morgan fingerprint density at radius 1 is 1.47 bits per heavy atom. The topological polar surface area (TPSA) is 127 Å². The Balaban J connectivity index is 1.93. The van der Waals surface area contributed by atoms with Gasteiger partial charge in [0, 0.05) is 6.07 Å². The molecule has 19 heavy (non-hydrogen) atoms. The average Bonchev–Trinajstić information content (AvgIpc) is 3.03. The van der Waals surface area contributed by atoms with Gasteiger partial charge in [0.05, 0.1) is 12.0 Å². The minimum absolute atomic E-state index is 0.200. The number of nitrogens with zero attached hydrogens (tertiary/aromatic N) is 5. The minimum atomic E-state index is -0.844. The van der Waals surface area contributed by atoms with Crippen LogP contribution in [0.15, 0.2) is 16.9 Å². The molecule has 98 valence electrons. The molecule has 0 bridgehead atoms. The maximum atomic E-state index is 11.2. The summed E-state index contributed by atoms with van der Waals surface area (Å²) in [5.74, 6) is -0.507. The summed E-state index contributed by atoms with van der Waals surface area (Å²) in [7, 11) is 0. The smallest absolute Gasteiger partial charge is 0.311 e. The zero-order chi connectivity index (χ0) is 13.5. The lowest BCUT2D eigenvalue weighted by Crippen LogP contribution is -2.23. The van der Waals surface area contributed by atoms with E-state index in [1.807, 2.05) is 0 Å². The van der Waals surface area contributed by atoms with Gasteiger partial charge in [0.1, 0.15) is 5.69 Å². The molecule has 2 aromatic rings. The van der Waals surface area contributed by atoms with E-state index < -0.39 is 11.4 Å². The van der Waals surface area contributed by atoms with Crippen molar-refractivity contribution >= 4 is 5.97 Å². The molecule has 1 fully saturated rings. The molecule has 1 aliphatic carbocycles. The summed E-state index contributed by atoms with van der Waals surface area (Å²) >= 11 is 0. The van der Waals surface area contributed by atoms with Crippen LogP contribution in [0.2, 0.25) is 0 Å². The van der Waals surface area contributed by atoms with Crippen LogP contribution >= 0.6 is 0 Å². The van der Waals surface area contributed by atoms with Gasteiger partial charge in [-0.05, 0) is 29.3 Å². The van der Waals surface area contributed by atoms with E-state index in [1.165, 1.54) is 16.8 Å². The Hall–Kier alpha value is -2.58. The van der Waals surface area contributed by atoms with Crippen molar-refractivity contribution in [1.82, 2.24) is 30.4 Å². The van der Waals surface area contributed by atoms with E-state index in [-0.39, 0.29) is 12.1 Å². The van der Waals surface area contributed by atoms with Crippen LogP contribution in [0, 0.1) is 5.41 Å². The number of hydrogen-bond acceptors (Lipinski definition) is 6. The first-order valence-corrected chi connectivity index (χ1v) is 5.66. The van der Waals surface area contributed by atoms with Crippen LogP contribution in [0.25, 0.3) is 11.5 Å². The second-order valence-electron chi connectivity index (χ2n) is 4.55. The van der Waals surface area contributed by atoms with E-state index in [2.05, 4.69) is 25.7 Å². The molecular formula is C10H10N6O3. The standard InChI is InChI=1S/C10H10N6O3/c17-7-2-1-6(11-12-7)8-13-14-15-16(8)5-10(3-4-10)9(18)19/h1-2H,3-5H2,(H,12,17)(H,18,19). The third-order valence-corrected chi connectivity index (χ3v) is 3.20. The third-order valence-electron chi connectivity index (χ3n) is 3.20.